The van der Waals surface area contributed by atoms with E-state index in [0.717, 1.165) is 0 Å². The fourth-order valence-corrected chi connectivity index (χ4v) is 0. The fraction of sp³-hybridized carbons (Fsp3) is 1.00. The van der Waals surface area contributed by atoms with Gasteiger partial charge in [0.15, 0.2) is 0 Å². The Balaban J connectivity index is 0. The van der Waals surface area contributed by atoms with Crippen molar-refractivity contribution in [2.24, 2.45) is 0 Å². The van der Waals surface area contributed by atoms with Crippen molar-refractivity contribution in [1.29, 1.82) is 0 Å². The Labute approximate surface area is 64.6 Å². The van der Waals surface area contributed by atoms with Gasteiger partial charge in [-0.05, 0) is 0 Å². The van der Waals surface area contributed by atoms with E-state index in [-0.39, 0.29) is 63.9 Å². The van der Waals surface area contributed by atoms with Crippen molar-refractivity contribution in [3.63, 3.8) is 0 Å². The Morgan fingerprint density at radius 1 is 0.429 bits per heavy atom. The van der Waals surface area contributed by atoms with Gasteiger partial charge < -0.3 is 0 Å². The molecule has 7 heavy (non-hydrogen) atoms. The molecular weight excluding hydrogens is 131 g/mol. The molecule has 0 N–H and O–H groups in total. The van der Waals surface area contributed by atoms with Crippen LogP contribution >= 0.6 is 0 Å². The van der Waals surface area contributed by atoms with Crippen molar-refractivity contribution in [2.45, 2.75) is 44.6 Å². The maximum absolute atomic E-state index is 0. The maximum atomic E-state index is 0. The van der Waals surface area contributed by atoms with Gasteiger partial charge in [0.25, 0.3) is 0 Å². The van der Waals surface area contributed by atoms with Crippen LogP contribution in [-0.4, -0.2) is 0 Å². The summed E-state index contributed by atoms with van der Waals surface area (Å²) < 4.78 is 0. The van der Waals surface area contributed by atoms with Crippen LogP contribution in [0.3, 0.4) is 0 Å². The van der Waals surface area contributed by atoms with Gasteiger partial charge in [0, 0.05) is 19.3 Å². The molecule has 0 aromatic heterocycles. The van der Waals surface area contributed by atoms with Crippen LogP contribution in [0.15, 0.2) is 0 Å². The molecule has 0 nitrogen and oxygen atoms in total. The number of hydrogen-bond acceptors (Lipinski definition) is 0. The summed E-state index contributed by atoms with van der Waals surface area (Å²) >= 11 is 0. The van der Waals surface area contributed by atoms with Gasteiger partial charge in [-0.25, -0.2) is 0 Å². The van der Waals surface area contributed by atoms with E-state index in [1.165, 1.54) is 0 Å². The van der Waals surface area contributed by atoms with Crippen LogP contribution in [0.5, 0.6) is 0 Å². The molecule has 0 aromatic rings. The number of hydrogen-bond donors (Lipinski definition) is 0. The van der Waals surface area contributed by atoms with Crippen LogP contribution in [0.1, 0.15) is 47.4 Å². The van der Waals surface area contributed by atoms with E-state index >= 15 is 0 Å². The Hall–Kier alpha value is 0.494. The summed E-state index contributed by atoms with van der Waals surface area (Å²) in [6.45, 7) is 0. The van der Waals surface area contributed by atoms with E-state index in [0.29, 0.717) is 0 Å². The molecule has 0 radical (unpaired) electrons. The van der Waals surface area contributed by atoms with Gasteiger partial charge >= 0.3 is 0 Å². The van der Waals surface area contributed by atoms with E-state index in [1.807, 2.05) is 0 Å². The van der Waals surface area contributed by atoms with Crippen LogP contribution in [0.2, 0.25) is 0 Å². The largest absolute Gasteiger partial charge is 0.0776 e. The second kappa shape index (κ2) is 805. The quantitative estimate of drug-likeness (QED) is 0.466. The van der Waals surface area contributed by atoms with Crippen LogP contribution in [-0.2, 0) is 16.5 Å². The zero-order valence-electron chi connectivity index (χ0n) is 0.316. The Morgan fingerprint density at radius 2 is 0.429 bits per heavy atom. The molecule has 0 fully saturated rings. The zero-order chi connectivity index (χ0) is 0. The summed E-state index contributed by atoms with van der Waals surface area (Å²) in [6.07, 6.45) is 0. The standard InChI is InChI=1S/6CH4.Ni.2H2/h6*1H4;;2*1H/i;;;;;;;2*1+2. The molecule has 0 aromatic carbocycles. The molecule has 0 aliphatic carbocycles. The van der Waals surface area contributed by atoms with Gasteiger partial charge in [-0.2, -0.15) is 0 Å². The Kier molecular flexibility index (Phi) is 149000. The summed E-state index contributed by atoms with van der Waals surface area (Å²) in [7, 11) is 0. The van der Waals surface area contributed by atoms with Crippen molar-refractivity contribution in [2.75, 3.05) is 0 Å². The minimum Gasteiger partial charge on any atom is -0.0776 e. The normalized spacial score (nSPS) is 0. The second-order valence-electron chi connectivity index (χ2n) is 0. The molecule has 0 heterocycles. The van der Waals surface area contributed by atoms with E-state index in [2.05, 4.69) is 0 Å². The van der Waals surface area contributed by atoms with Crippen molar-refractivity contribution in [3.05, 3.63) is 0 Å². The summed E-state index contributed by atoms with van der Waals surface area (Å²) in [4.78, 5) is 0. The number of rotatable bonds is 0. The zero-order valence-corrected chi connectivity index (χ0v) is 1.30. The van der Waals surface area contributed by atoms with Crippen molar-refractivity contribution >= 4 is 0 Å². The topological polar surface area (TPSA) is 0 Å². The van der Waals surface area contributed by atoms with E-state index in [1.54, 1.807) is 0 Å². The summed E-state index contributed by atoms with van der Waals surface area (Å²) in [6, 6.07) is 0. The van der Waals surface area contributed by atoms with Gasteiger partial charge in [0.1, 0.15) is 0 Å². The van der Waals surface area contributed by atoms with E-state index < -0.39 is 0 Å². The first kappa shape index (κ1) is 1300. The van der Waals surface area contributed by atoms with E-state index in [4.69, 9.17) is 0 Å². The molecule has 0 bridgehead atoms. The van der Waals surface area contributed by atoms with Gasteiger partial charge in [-0.3, -0.25) is 0 Å². The first-order valence-corrected chi connectivity index (χ1v) is 0. The molecule has 0 aliphatic heterocycles. The molecule has 0 amide bonds. The van der Waals surface area contributed by atoms with E-state index in [9.17, 15) is 0 Å². The predicted octanol–water partition coefficient (Wildman–Crippen LogP) is 4.31. The second-order valence-corrected chi connectivity index (χ2v) is 0. The molecule has 0 saturated heterocycles. The molecule has 0 saturated carbocycles. The first-order valence-electron chi connectivity index (χ1n) is 0. The van der Waals surface area contributed by atoms with Gasteiger partial charge in [-0.15, -0.1) is 0 Å². The molecular formula is C6H28Ni. The summed E-state index contributed by atoms with van der Waals surface area (Å²) in [5.74, 6) is 0. The maximum Gasteiger partial charge on any atom is 0 e. The molecule has 0 aliphatic rings. The molecule has 0 rings (SSSR count). The molecule has 0 unspecified atom stereocenters. The smallest absolute Gasteiger partial charge is 0 e. The molecule has 0 atom stereocenters. The fourth-order valence-electron chi connectivity index (χ4n) is 0. The van der Waals surface area contributed by atoms with Gasteiger partial charge in [0.2, 0.25) is 0 Å². The minimum absolute atomic E-state index is 0. The molecule has 0 spiro atoms. The minimum atomic E-state index is 0. The monoisotopic (exact) mass is 162 g/mol. The third kappa shape index (κ3) is 538. The predicted molar refractivity (Wildman–Crippen MR) is 44.6 cm³/mol. The summed E-state index contributed by atoms with van der Waals surface area (Å²) in [5, 5.41) is 0. The van der Waals surface area contributed by atoms with Crippen molar-refractivity contribution in [1.82, 2.24) is 0 Å². The molecule has 62 valence electrons. The van der Waals surface area contributed by atoms with Gasteiger partial charge in [-0.1, -0.05) is 44.6 Å². The van der Waals surface area contributed by atoms with Crippen LogP contribution < -0.4 is 0 Å². The van der Waals surface area contributed by atoms with Crippen LogP contribution in [0, 0.1) is 0 Å². The van der Waals surface area contributed by atoms with Crippen LogP contribution in [0.4, 0.5) is 0 Å². The van der Waals surface area contributed by atoms with Crippen LogP contribution in [0.25, 0.3) is 0 Å². The Morgan fingerprint density at radius 3 is 0.429 bits per heavy atom. The van der Waals surface area contributed by atoms with Crippen molar-refractivity contribution < 1.29 is 19.3 Å². The van der Waals surface area contributed by atoms with Gasteiger partial charge in [0.05, 0.1) is 0 Å². The average molecular weight is 163 g/mol. The first-order chi connectivity index (χ1) is 0. The third-order valence-electron chi connectivity index (χ3n) is 0. The Bertz CT molecular complexity index is 11.0. The third-order valence-corrected chi connectivity index (χ3v) is 0. The average Bonchev–Trinajstić information content (AvgIpc) is 0. The molecule has 1 heteroatoms. The summed E-state index contributed by atoms with van der Waals surface area (Å²) in [5.41, 5.74) is 0. The SMILES string of the molecule is C.C.C.C.C.C.[3HH].[3HH].[Ni]. The van der Waals surface area contributed by atoms with Crippen molar-refractivity contribution in [3.8, 4) is 0 Å².